The smallest absolute Gasteiger partial charge is 0.319 e. The molecule has 3 rings (SSSR count). The summed E-state index contributed by atoms with van der Waals surface area (Å²) in [6.07, 6.45) is 1.93. The molecule has 1 unspecified atom stereocenters. The molecule has 1 atom stereocenters. The van der Waals surface area contributed by atoms with Crippen LogP contribution in [0.5, 0.6) is 0 Å². The number of ketones is 1. The summed E-state index contributed by atoms with van der Waals surface area (Å²) in [6, 6.07) is 8.36. The molecule has 1 aliphatic rings. The third-order valence-electron chi connectivity index (χ3n) is 4.52. The Bertz CT molecular complexity index is 820. The first kappa shape index (κ1) is 18.3. The van der Waals surface area contributed by atoms with Crippen LogP contribution in [0.15, 0.2) is 41.8 Å². The Hall–Kier alpha value is -2.54. The molecule has 3 amide bonds. The van der Waals surface area contributed by atoms with Crippen LogP contribution in [0.2, 0.25) is 0 Å². The molecule has 0 radical (unpaired) electrons. The van der Waals surface area contributed by atoms with E-state index in [2.05, 4.69) is 5.32 Å². The average molecular weight is 374 g/mol. The fraction of sp³-hybridized carbons (Fsp3) is 0.316. The molecule has 1 fully saturated rings. The number of unbranched alkanes of at least 4 members (excludes halogenated alkanes) is 1. The number of hydrogen-bond acceptors (Lipinski definition) is 4. The zero-order chi connectivity index (χ0) is 18.7. The highest BCUT2D eigenvalue weighted by Crippen LogP contribution is 2.34. The van der Waals surface area contributed by atoms with E-state index in [1.807, 2.05) is 6.92 Å². The Morgan fingerprint density at radius 3 is 2.58 bits per heavy atom. The fourth-order valence-corrected chi connectivity index (χ4v) is 3.77. The van der Waals surface area contributed by atoms with Crippen molar-refractivity contribution >= 4 is 29.1 Å². The molecule has 1 aliphatic heterocycles. The topological polar surface area (TPSA) is 66.5 Å². The predicted octanol–water partition coefficient (Wildman–Crippen LogP) is 3.71. The summed E-state index contributed by atoms with van der Waals surface area (Å²) in [6.45, 7) is 1.68. The van der Waals surface area contributed by atoms with E-state index < -0.39 is 23.3 Å². The number of nitrogens with one attached hydrogen (secondary N) is 1. The van der Waals surface area contributed by atoms with Crippen molar-refractivity contribution in [2.45, 2.75) is 31.7 Å². The second kappa shape index (κ2) is 7.37. The first-order valence-electron chi connectivity index (χ1n) is 8.45. The molecule has 1 aromatic heterocycles. The van der Waals surface area contributed by atoms with Gasteiger partial charge in [-0.3, -0.25) is 14.5 Å². The van der Waals surface area contributed by atoms with Crippen LogP contribution >= 0.6 is 11.3 Å². The molecular formula is C19H19FN2O3S. The Morgan fingerprint density at radius 2 is 1.96 bits per heavy atom. The van der Waals surface area contributed by atoms with E-state index in [9.17, 15) is 18.8 Å². The summed E-state index contributed by atoms with van der Waals surface area (Å²) in [5.74, 6) is -1.16. The van der Waals surface area contributed by atoms with Gasteiger partial charge in [0.15, 0.2) is 5.78 Å². The summed E-state index contributed by atoms with van der Waals surface area (Å²) in [4.78, 5) is 39.4. The van der Waals surface area contributed by atoms with Crippen molar-refractivity contribution in [2.75, 3.05) is 6.54 Å². The SMILES string of the molecule is CCCCC1(c2ccc(F)cc2)NC(=O)N(CC(=O)c2cccs2)C1=O. The Balaban J connectivity index is 1.91. The van der Waals surface area contributed by atoms with Gasteiger partial charge in [-0.25, -0.2) is 9.18 Å². The van der Waals surface area contributed by atoms with E-state index in [-0.39, 0.29) is 12.3 Å². The fourth-order valence-electron chi connectivity index (χ4n) is 3.11. The zero-order valence-corrected chi connectivity index (χ0v) is 15.1. The lowest BCUT2D eigenvalue weighted by molar-refractivity contribution is -0.131. The van der Waals surface area contributed by atoms with Gasteiger partial charge < -0.3 is 5.32 Å². The largest absolute Gasteiger partial charge is 0.325 e. The summed E-state index contributed by atoms with van der Waals surface area (Å²) >= 11 is 1.27. The number of carbonyl (C=O) groups excluding carboxylic acids is 3. The monoisotopic (exact) mass is 374 g/mol. The molecule has 2 heterocycles. The van der Waals surface area contributed by atoms with Crippen LogP contribution in [0, 0.1) is 5.82 Å². The molecule has 0 bridgehead atoms. The number of hydrogen-bond donors (Lipinski definition) is 1. The minimum Gasteiger partial charge on any atom is -0.319 e. The first-order chi connectivity index (χ1) is 12.5. The molecule has 1 saturated heterocycles. The third kappa shape index (κ3) is 3.26. The molecule has 1 aromatic carbocycles. The quantitative estimate of drug-likeness (QED) is 0.593. The highest BCUT2D eigenvalue weighted by molar-refractivity contribution is 7.12. The van der Waals surface area contributed by atoms with Gasteiger partial charge in [0, 0.05) is 0 Å². The average Bonchev–Trinajstić information content (AvgIpc) is 3.24. The summed E-state index contributed by atoms with van der Waals surface area (Å²) < 4.78 is 13.3. The van der Waals surface area contributed by atoms with Crippen molar-refractivity contribution < 1.29 is 18.8 Å². The standard InChI is InChI=1S/C19H19FN2O3S/c1-2-3-10-19(13-6-8-14(20)9-7-13)17(24)22(18(25)21-19)12-15(23)16-5-4-11-26-16/h4-9,11H,2-3,10,12H2,1H3,(H,21,25). The number of rotatable bonds is 7. The van der Waals surface area contributed by atoms with Crippen LogP contribution in [-0.4, -0.2) is 29.2 Å². The van der Waals surface area contributed by atoms with Crippen molar-refractivity contribution in [1.29, 1.82) is 0 Å². The van der Waals surface area contributed by atoms with Gasteiger partial charge in [0.05, 0.1) is 11.4 Å². The molecule has 0 saturated carbocycles. The van der Waals surface area contributed by atoms with E-state index in [1.54, 1.807) is 17.5 Å². The van der Waals surface area contributed by atoms with Crippen LogP contribution < -0.4 is 5.32 Å². The van der Waals surface area contributed by atoms with Crippen molar-refractivity contribution in [2.24, 2.45) is 0 Å². The van der Waals surface area contributed by atoms with Crippen LogP contribution in [0.4, 0.5) is 9.18 Å². The van der Waals surface area contributed by atoms with Gasteiger partial charge >= 0.3 is 6.03 Å². The Morgan fingerprint density at radius 1 is 1.23 bits per heavy atom. The normalized spacial score (nSPS) is 19.7. The van der Waals surface area contributed by atoms with Crippen molar-refractivity contribution in [1.82, 2.24) is 10.2 Å². The molecule has 5 nitrogen and oxygen atoms in total. The highest BCUT2D eigenvalue weighted by Gasteiger charge is 2.52. The van der Waals surface area contributed by atoms with Crippen LogP contribution in [0.25, 0.3) is 0 Å². The molecule has 2 aromatic rings. The number of halogens is 1. The predicted molar refractivity (Wildman–Crippen MR) is 96.5 cm³/mol. The van der Waals surface area contributed by atoms with E-state index in [0.29, 0.717) is 23.3 Å². The molecule has 1 N–H and O–H groups in total. The van der Waals surface area contributed by atoms with Gasteiger partial charge in [0.2, 0.25) is 0 Å². The maximum Gasteiger partial charge on any atom is 0.325 e. The van der Waals surface area contributed by atoms with Gasteiger partial charge in [-0.05, 0) is 35.6 Å². The molecule has 26 heavy (non-hydrogen) atoms. The number of carbonyl (C=O) groups is 3. The van der Waals surface area contributed by atoms with Crippen molar-refractivity contribution in [3.05, 3.63) is 58.0 Å². The molecular weight excluding hydrogens is 355 g/mol. The van der Waals surface area contributed by atoms with Gasteiger partial charge in [-0.1, -0.05) is 38.0 Å². The third-order valence-corrected chi connectivity index (χ3v) is 5.43. The second-order valence-corrected chi connectivity index (χ2v) is 7.19. The number of urea groups is 1. The van der Waals surface area contributed by atoms with E-state index in [4.69, 9.17) is 0 Å². The molecule has 0 aliphatic carbocycles. The van der Waals surface area contributed by atoms with Gasteiger partial charge in [0.25, 0.3) is 5.91 Å². The zero-order valence-electron chi connectivity index (χ0n) is 14.3. The van der Waals surface area contributed by atoms with Crippen LogP contribution in [0.1, 0.15) is 41.4 Å². The number of nitrogens with zero attached hydrogens (tertiary/aromatic N) is 1. The maximum atomic E-state index is 13.3. The Labute approximate surface area is 154 Å². The lowest BCUT2D eigenvalue weighted by Gasteiger charge is -2.27. The number of thiophene rings is 1. The summed E-state index contributed by atoms with van der Waals surface area (Å²) in [7, 11) is 0. The molecule has 136 valence electrons. The van der Waals surface area contributed by atoms with Crippen molar-refractivity contribution in [3.63, 3.8) is 0 Å². The van der Waals surface area contributed by atoms with Gasteiger partial charge in [0.1, 0.15) is 11.4 Å². The maximum absolute atomic E-state index is 13.3. The van der Waals surface area contributed by atoms with E-state index >= 15 is 0 Å². The van der Waals surface area contributed by atoms with Crippen LogP contribution in [0.3, 0.4) is 0 Å². The minimum atomic E-state index is -1.25. The van der Waals surface area contributed by atoms with E-state index in [1.165, 1.54) is 35.6 Å². The van der Waals surface area contributed by atoms with Crippen molar-refractivity contribution in [3.8, 4) is 0 Å². The highest BCUT2D eigenvalue weighted by atomic mass is 32.1. The van der Waals surface area contributed by atoms with Gasteiger partial charge in [-0.15, -0.1) is 11.3 Å². The number of imide groups is 1. The van der Waals surface area contributed by atoms with Gasteiger partial charge in [-0.2, -0.15) is 0 Å². The lowest BCUT2D eigenvalue weighted by Crippen LogP contribution is -2.44. The minimum absolute atomic E-state index is 0.283. The Kier molecular flexibility index (Phi) is 5.18. The van der Waals surface area contributed by atoms with Crippen LogP contribution in [-0.2, 0) is 10.3 Å². The second-order valence-electron chi connectivity index (χ2n) is 6.24. The lowest BCUT2D eigenvalue weighted by atomic mass is 9.84. The molecule has 7 heteroatoms. The number of amides is 3. The number of Topliss-reactive ketones (excluding diaryl/α,β-unsaturated/α-hetero) is 1. The first-order valence-corrected chi connectivity index (χ1v) is 9.33. The summed E-state index contributed by atoms with van der Waals surface area (Å²) in [5, 5.41) is 4.52. The summed E-state index contributed by atoms with van der Waals surface area (Å²) in [5.41, 5.74) is -0.729. The van der Waals surface area contributed by atoms with E-state index in [0.717, 1.165) is 11.3 Å². The molecule has 0 spiro atoms. The number of benzene rings is 1.